The first-order valence-corrected chi connectivity index (χ1v) is 3.99. The largest absolute Gasteiger partial charge is 0.393 e. The van der Waals surface area contributed by atoms with Crippen molar-refractivity contribution in [2.45, 2.75) is 31.8 Å². The van der Waals surface area contributed by atoms with Gasteiger partial charge in [0, 0.05) is 11.8 Å². The number of ketones is 1. The SMILES string of the molecule is O=C1[C@@H]2CC[C@@H]1CC(O)C2. The van der Waals surface area contributed by atoms with E-state index in [0.29, 0.717) is 5.78 Å². The van der Waals surface area contributed by atoms with Crippen LogP contribution in [0, 0.1) is 11.8 Å². The molecule has 0 radical (unpaired) electrons. The molecule has 0 heterocycles. The van der Waals surface area contributed by atoms with Gasteiger partial charge in [-0.05, 0) is 25.7 Å². The number of fused-ring (bicyclic) bond motifs is 2. The summed E-state index contributed by atoms with van der Waals surface area (Å²) in [5, 5.41) is 9.26. The topological polar surface area (TPSA) is 37.3 Å². The zero-order valence-corrected chi connectivity index (χ0v) is 5.92. The molecule has 0 aromatic carbocycles. The maximum Gasteiger partial charge on any atom is 0.139 e. The van der Waals surface area contributed by atoms with Gasteiger partial charge in [0.25, 0.3) is 0 Å². The van der Waals surface area contributed by atoms with Crippen LogP contribution in [0.3, 0.4) is 0 Å². The normalized spacial score (nSPS) is 46.1. The van der Waals surface area contributed by atoms with Crippen molar-refractivity contribution in [2.75, 3.05) is 0 Å². The third-order valence-corrected chi connectivity index (χ3v) is 2.78. The van der Waals surface area contributed by atoms with Gasteiger partial charge in [-0.3, -0.25) is 4.79 Å². The van der Waals surface area contributed by atoms with Crippen molar-refractivity contribution >= 4 is 5.78 Å². The predicted molar refractivity (Wildman–Crippen MR) is 36.5 cm³/mol. The fourth-order valence-corrected chi connectivity index (χ4v) is 2.24. The second-order valence-electron chi connectivity index (χ2n) is 3.50. The number of aliphatic hydroxyl groups excluding tert-OH is 1. The highest BCUT2D eigenvalue weighted by atomic mass is 16.3. The third kappa shape index (κ3) is 0.788. The number of carbonyl (C=O) groups excluding carboxylic acids is 1. The van der Waals surface area contributed by atoms with E-state index < -0.39 is 0 Å². The molecule has 0 aromatic rings. The fraction of sp³-hybridized carbons (Fsp3) is 0.875. The highest BCUT2D eigenvalue weighted by Crippen LogP contribution is 2.38. The van der Waals surface area contributed by atoms with Crippen LogP contribution in [0.15, 0.2) is 0 Å². The van der Waals surface area contributed by atoms with Crippen LogP contribution in [0.4, 0.5) is 0 Å². The van der Waals surface area contributed by atoms with Gasteiger partial charge in [0.1, 0.15) is 5.78 Å². The Labute approximate surface area is 60.2 Å². The van der Waals surface area contributed by atoms with Gasteiger partial charge in [-0.2, -0.15) is 0 Å². The van der Waals surface area contributed by atoms with Crippen LogP contribution in [-0.2, 0) is 4.79 Å². The van der Waals surface area contributed by atoms with Crippen LogP contribution in [0.5, 0.6) is 0 Å². The second-order valence-corrected chi connectivity index (χ2v) is 3.50. The maximum atomic E-state index is 11.2. The van der Waals surface area contributed by atoms with Crippen molar-refractivity contribution in [3.05, 3.63) is 0 Å². The number of carbonyl (C=O) groups is 1. The molecular weight excluding hydrogens is 128 g/mol. The molecule has 1 N–H and O–H groups in total. The van der Waals surface area contributed by atoms with Gasteiger partial charge in [-0.1, -0.05) is 0 Å². The lowest BCUT2D eigenvalue weighted by Crippen LogP contribution is -2.28. The number of aliphatic hydroxyl groups is 1. The average molecular weight is 140 g/mol. The molecule has 2 fully saturated rings. The van der Waals surface area contributed by atoms with E-state index in [9.17, 15) is 9.90 Å². The van der Waals surface area contributed by atoms with Crippen LogP contribution in [0.1, 0.15) is 25.7 Å². The Balaban J connectivity index is 2.16. The molecule has 2 aliphatic carbocycles. The molecule has 0 unspecified atom stereocenters. The lowest BCUT2D eigenvalue weighted by Gasteiger charge is -2.21. The molecule has 0 spiro atoms. The first kappa shape index (κ1) is 6.35. The Morgan fingerprint density at radius 1 is 1.20 bits per heavy atom. The molecule has 2 saturated carbocycles. The molecular formula is C8H12O2. The van der Waals surface area contributed by atoms with Gasteiger partial charge >= 0.3 is 0 Å². The van der Waals surface area contributed by atoms with Gasteiger partial charge in [0.2, 0.25) is 0 Å². The van der Waals surface area contributed by atoms with E-state index in [1.807, 2.05) is 0 Å². The van der Waals surface area contributed by atoms with Gasteiger partial charge in [-0.25, -0.2) is 0 Å². The van der Waals surface area contributed by atoms with Crippen molar-refractivity contribution < 1.29 is 9.90 Å². The summed E-state index contributed by atoms with van der Waals surface area (Å²) >= 11 is 0. The van der Waals surface area contributed by atoms with Crippen LogP contribution in [0.25, 0.3) is 0 Å². The smallest absolute Gasteiger partial charge is 0.139 e. The molecule has 2 heteroatoms. The average Bonchev–Trinajstić information content (AvgIpc) is 2.20. The number of rotatable bonds is 0. The first-order chi connectivity index (χ1) is 4.77. The molecule has 0 amide bonds. The van der Waals surface area contributed by atoms with Crippen LogP contribution < -0.4 is 0 Å². The Bertz CT molecular complexity index is 149. The monoisotopic (exact) mass is 140 g/mol. The summed E-state index contributed by atoms with van der Waals surface area (Å²) in [7, 11) is 0. The summed E-state index contributed by atoms with van der Waals surface area (Å²) in [6.45, 7) is 0. The molecule has 0 aliphatic heterocycles. The van der Waals surface area contributed by atoms with Gasteiger partial charge in [0.05, 0.1) is 6.10 Å². The van der Waals surface area contributed by atoms with Crippen molar-refractivity contribution in [2.24, 2.45) is 11.8 Å². The Morgan fingerprint density at radius 3 is 2.20 bits per heavy atom. The Hall–Kier alpha value is -0.370. The zero-order chi connectivity index (χ0) is 7.14. The van der Waals surface area contributed by atoms with Crippen molar-refractivity contribution in [1.82, 2.24) is 0 Å². The Morgan fingerprint density at radius 2 is 1.70 bits per heavy atom. The molecule has 2 atom stereocenters. The minimum atomic E-state index is -0.185. The van der Waals surface area contributed by atoms with Gasteiger partial charge < -0.3 is 5.11 Å². The fourth-order valence-electron chi connectivity index (χ4n) is 2.24. The minimum absolute atomic E-state index is 0.185. The quantitative estimate of drug-likeness (QED) is 0.538. The number of hydrogen-bond acceptors (Lipinski definition) is 2. The van der Waals surface area contributed by atoms with E-state index in [-0.39, 0.29) is 17.9 Å². The minimum Gasteiger partial charge on any atom is -0.393 e. The zero-order valence-electron chi connectivity index (χ0n) is 5.92. The highest BCUT2D eigenvalue weighted by Gasteiger charge is 2.40. The lowest BCUT2D eigenvalue weighted by atomic mass is 9.86. The molecule has 2 aliphatic rings. The van der Waals surface area contributed by atoms with Crippen molar-refractivity contribution in [1.29, 1.82) is 0 Å². The van der Waals surface area contributed by atoms with E-state index in [2.05, 4.69) is 0 Å². The summed E-state index contributed by atoms with van der Waals surface area (Å²) in [5.74, 6) is 0.854. The summed E-state index contributed by atoms with van der Waals surface area (Å²) in [5.41, 5.74) is 0. The Kier molecular flexibility index (Phi) is 1.31. The van der Waals surface area contributed by atoms with Crippen LogP contribution >= 0.6 is 0 Å². The van der Waals surface area contributed by atoms with E-state index in [1.165, 1.54) is 0 Å². The molecule has 2 nitrogen and oxygen atoms in total. The first-order valence-electron chi connectivity index (χ1n) is 3.99. The van der Waals surface area contributed by atoms with E-state index >= 15 is 0 Å². The summed E-state index contributed by atoms with van der Waals surface area (Å²) in [6.07, 6.45) is 3.33. The molecule has 0 saturated heterocycles. The summed E-state index contributed by atoms with van der Waals surface area (Å²) in [6, 6.07) is 0. The standard InChI is InChI=1S/C8H12O2/c9-7-3-5-1-2-6(4-7)8(5)10/h5-7,9H,1-4H2/t5-,6-/m1/s1. The third-order valence-electron chi connectivity index (χ3n) is 2.78. The van der Waals surface area contributed by atoms with Crippen LogP contribution in [-0.4, -0.2) is 17.0 Å². The molecule has 0 aromatic heterocycles. The summed E-state index contributed by atoms with van der Waals surface area (Å²) in [4.78, 5) is 11.2. The van der Waals surface area contributed by atoms with E-state index in [4.69, 9.17) is 0 Å². The lowest BCUT2D eigenvalue weighted by molar-refractivity contribution is -0.128. The highest BCUT2D eigenvalue weighted by molar-refractivity contribution is 5.86. The van der Waals surface area contributed by atoms with E-state index in [0.717, 1.165) is 25.7 Å². The van der Waals surface area contributed by atoms with Gasteiger partial charge in [0.15, 0.2) is 0 Å². The molecule has 10 heavy (non-hydrogen) atoms. The van der Waals surface area contributed by atoms with Crippen molar-refractivity contribution in [3.63, 3.8) is 0 Å². The molecule has 2 rings (SSSR count). The number of hydrogen-bond donors (Lipinski definition) is 1. The number of Topliss-reactive ketones (excluding diaryl/α,β-unsaturated/α-hetero) is 1. The van der Waals surface area contributed by atoms with Crippen LogP contribution in [0.2, 0.25) is 0 Å². The predicted octanol–water partition coefficient (Wildman–Crippen LogP) is 0.736. The van der Waals surface area contributed by atoms with E-state index in [1.54, 1.807) is 0 Å². The van der Waals surface area contributed by atoms with Crippen molar-refractivity contribution in [3.8, 4) is 0 Å². The second kappa shape index (κ2) is 2.06. The maximum absolute atomic E-state index is 11.2. The summed E-state index contributed by atoms with van der Waals surface area (Å²) < 4.78 is 0. The molecule has 2 bridgehead atoms. The molecule has 56 valence electrons. The van der Waals surface area contributed by atoms with Gasteiger partial charge in [-0.15, -0.1) is 0 Å².